The third kappa shape index (κ3) is 6.70. The summed E-state index contributed by atoms with van der Waals surface area (Å²) in [5, 5.41) is 15.1. The van der Waals surface area contributed by atoms with Crippen molar-refractivity contribution in [2.24, 2.45) is 0 Å². The van der Waals surface area contributed by atoms with Gasteiger partial charge in [0, 0.05) is 32.9 Å². The Morgan fingerprint density at radius 2 is 1.77 bits per heavy atom. The van der Waals surface area contributed by atoms with Gasteiger partial charge in [-0.1, -0.05) is 66.9 Å². The molecule has 226 valence electrons. The van der Waals surface area contributed by atoms with Crippen molar-refractivity contribution in [1.29, 1.82) is 0 Å². The van der Waals surface area contributed by atoms with Crippen LogP contribution in [0.25, 0.3) is 33.2 Å². The number of H-pyrrole nitrogens is 1. The zero-order chi connectivity index (χ0) is 31.4. The molecule has 0 saturated carbocycles. The number of nitrogens with two attached hydrogens (primary N) is 1. The second-order valence-electron chi connectivity index (χ2n) is 9.72. The molecule has 0 aliphatic heterocycles. The first-order valence-corrected chi connectivity index (χ1v) is 16.2. The largest absolute Gasteiger partial charge is 0.365 e. The van der Waals surface area contributed by atoms with E-state index < -0.39 is 10.1 Å². The van der Waals surface area contributed by atoms with Gasteiger partial charge < -0.3 is 10.3 Å². The van der Waals surface area contributed by atoms with E-state index in [0.717, 1.165) is 57.6 Å². The van der Waals surface area contributed by atoms with Crippen molar-refractivity contribution in [3.8, 4) is 22.3 Å². The minimum absolute atomic E-state index is 0.0895. The average Bonchev–Trinajstić information content (AvgIpc) is 3.71. The van der Waals surface area contributed by atoms with Crippen molar-refractivity contribution < 1.29 is 13.0 Å². The zero-order valence-corrected chi connectivity index (χ0v) is 26.1. The lowest BCUT2D eigenvalue weighted by atomic mass is 10.0. The summed E-state index contributed by atoms with van der Waals surface area (Å²) in [6.07, 6.45) is 1.47. The smallest absolute Gasteiger partial charge is 0.304 e. The van der Waals surface area contributed by atoms with Crippen LogP contribution in [0.2, 0.25) is 5.02 Å². The van der Waals surface area contributed by atoms with Crippen LogP contribution >= 0.6 is 22.9 Å². The van der Waals surface area contributed by atoms with E-state index in [1.807, 2.05) is 43.3 Å². The highest BCUT2D eigenvalue weighted by molar-refractivity contribution is 7.88. The zero-order valence-electron chi connectivity index (χ0n) is 23.7. The number of nitrogen functional groups attached to an aromatic ring is 1. The molecule has 4 heterocycles. The molecule has 0 bridgehead atoms. The third-order valence-corrected chi connectivity index (χ3v) is 9.44. The van der Waals surface area contributed by atoms with Crippen LogP contribution in [0, 0.1) is 0 Å². The first-order chi connectivity index (χ1) is 21.1. The number of benzene rings is 2. The Morgan fingerprint density at radius 1 is 1.00 bits per heavy atom. The minimum atomic E-state index is -4.32. The maximum Gasteiger partial charge on any atom is 0.304 e. The van der Waals surface area contributed by atoms with Crippen LogP contribution < -0.4 is 11.3 Å². The lowest BCUT2D eigenvalue weighted by molar-refractivity contribution is 0.486. The number of aromatic amines is 1. The van der Waals surface area contributed by atoms with Crippen molar-refractivity contribution in [1.82, 2.24) is 30.2 Å². The monoisotopic (exact) mass is 649 g/mol. The summed E-state index contributed by atoms with van der Waals surface area (Å²) in [7, 11) is -4.32. The topological polar surface area (TPSA) is 170 Å². The van der Waals surface area contributed by atoms with Gasteiger partial charge in [0.15, 0.2) is 4.21 Å². The van der Waals surface area contributed by atoms with Gasteiger partial charge in [0.25, 0.3) is 11.5 Å². The Hall–Kier alpha value is -4.43. The van der Waals surface area contributed by atoms with Gasteiger partial charge in [0.05, 0.1) is 12.1 Å². The number of rotatable bonds is 7. The number of tetrazole rings is 1. The normalized spacial score (nSPS) is 11.4. The van der Waals surface area contributed by atoms with E-state index in [1.54, 1.807) is 40.3 Å². The number of fused-ring (bicyclic) bond motifs is 1. The molecule has 11 nitrogen and oxygen atoms in total. The lowest BCUT2D eigenvalue weighted by Crippen LogP contribution is -2.23. The summed E-state index contributed by atoms with van der Waals surface area (Å²) >= 11 is 7.23. The van der Waals surface area contributed by atoms with E-state index in [-0.39, 0.29) is 15.7 Å². The summed E-state index contributed by atoms with van der Waals surface area (Å²) in [6, 6.07) is 20.2. The number of nitrogens with one attached hydrogen (secondary N) is 1. The number of pyridine rings is 2. The van der Waals surface area contributed by atoms with E-state index in [1.165, 1.54) is 0 Å². The number of hydrogen-bond donors (Lipinski definition) is 3. The Balaban J connectivity index is 0.000000573. The van der Waals surface area contributed by atoms with Crippen LogP contribution in [-0.2, 0) is 29.5 Å². The second kappa shape index (κ2) is 13.1. The van der Waals surface area contributed by atoms with Gasteiger partial charge in [-0.15, -0.1) is 16.4 Å². The number of anilines is 1. The molecule has 6 aromatic rings. The van der Waals surface area contributed by atoms with Crippen LogP contribution in [0.4, 0.5) is 5.95 Å². The van der Waals surface area contributed by atoms with Crippen LogP contribution in [0.15, 0.2) is 81.1 Å². The van der Waals surface area contributed by atoms with Gasteiger partial charge in [-0.25, -0.2) is 0 Å². The van der Waals surface area contributed by atoms with E-state index in [4.69, 9.17) is 22.3 Å². The number of hydrogen-bond acceptors (Lipinski definition) is 9. The molecule has 0 aliphatic carbocycles. The molecule has 0 amide bonds. The highest BCUT2D eigenvalue weighted by Crippen LogP contribution is 2.32. The molecule has 4 aromatic heterocycles. The van der Waals surface area contributed by atoms with E-state index >= 15 is 0 Å². The molecule has 2 aromatic carbocycles. The maximum absolute atomic E-state index is 13.9. The molecule has 0 atom stereocenters. The predicted molar refractivity (Wildman–Crippen MR) is 172 cm³/mol. The van der Waals surface area contributed by atoms with E-state index in [2.05, 4.69) is 27.5 Å². The molecule has 44 heavy (non-hydrogen) atoms. The molecule has 0 aliphatic rings. The third-order valence-electron chi connectivity index (χ3n) is 6.89. The Bertz CT molecular complexity index is 2090. The quantitative estimate of drug-likeness (QED) is 0.185. The van der Waals surface area contributed by atoms with Gasteiger partial charge in [-0.2, -0.15) is 13.6 Å². The SMILES string of the molecule is CCc1cc2c(cc(-c3cccc(Cl)c3)c(=O)n2Cc2ccc(-c3ccsc3S(=O)(=O)O)cc2)c(CC)n1.Nc1nn[nH]n1. The van der Waals surface area contributed by atoms with Crippen molar-refractivity contribution >= 4 is 49.9 Å². The Labute approximate surface area is 262 Å². The van der Waals surface area contributed by atoms with Crippen molar-refractivity contribution in [3.63, 3.8) is 0 Å². The molecule has 0 saturated heterocycles. The molecular weight excluding hydrogens is 622 g/mol. The predicted octanol–water partition coefficient (Wildman–Crippen LogP) is 5.65. The van der Waals surface area contributed by atoms with Crippen molar-refractivity contribution in [3.05, 3.63) is 104 Å². The standard InChI is InChI=1S/C29H25ClN2O4S2.CH3N5/c1-3-22-15-27-25(26(4-2)31-22)16-24(20-6-5-7-21(30)14-20)28(33)32(27)17-18-8-10-19(11-9-18)23-12-13-37-29(23)38(34,35)36;2-1-3-5-6-4-1/h5-16H,3-4,17H2,1-2H3,(H,34,35,36);(H3,2,3,4,5,6). The maximum atomic E-state index is 13.9. The van der Waals surface area contributed by atoms with Crippen LogP contribution in [0.3, 0.4) is 0 Å². The fourth-order valence-corrected chi connectivity index (χ4v) is 6.76. The number of aryl methyl sites for hydroxylation is 2. The average molecular weight is 650 g/mol. The van der Waals surface area contributed by atoms with Gasteiger partial charge in [0.2, 0.25) is 0 Å². The summed E-state index contributed by atoms with van der Waals surface area (Å²) in [4.78, 5) is 18.7. The molecule has 4 N–H and O–H groups in total. The number of aromatic nitrogens is 6. The Morgan fingerprint density at radius 3 is 2.36 bits per heavy atom. The minimum Gasteiger partial charge on any atom is -0.365 e. The molecule has 0 fully saturated rings. The molecule has 0 unspecified atom stereocenters. The lowest BCUT2D eigenvalue weighted by Gasteiger charge is -2.17. The van der Waals surface area contributed by atoms with Gasteiger partial charge in [-0.3, -0.25) is 14.3 Å². The van der Waals surface area contributed by atoms with Gasteiger partial charge >= 0.3 is 10.1 Å². The summed E-state index contributed by atoms with van der Waals surface area (Å²) in [5.41, 5.74) is 10.8. The molecule has 0 spiro atoms. The van der Waals surface area contributed by atoms with Gasteiger partial charge in [-0.05, 0) is 70.5 Å². The highest BCUT2D eigenvalue weighted by atomic mass is 35.5. The van der Waals surface area contributed by atoms with Crippen molar-refractivity contribution in [2.75, 3.05) is 5.73 Å². The number of halogens is 1. The fraction of sp³-hybridized carbons (Fsp3) is 0.167. The molecule has 14 heteroatoms. The van der Waals surface area contributed by atoms with E-state index in [0.29, 0.717) is 28.3 Å². The first-order valence-electron chi connectivity index (χ1n) is 13.5. The number of nitrogens with zero attached hydrogens (tertiary/aromatic N) is 5. The highest BCUT2D eigenvalue weighted by Gasteiger charge is 2.19. The molecule has 6 rings (SSSR count). The van der Waals surface area contributed by atoms with Crippen LogP contribution in [0.5, 0.6) is 0 Å². The summed E-state index contributed by atoms with van der Waals surface area (Å²) < 4.78 is 34.7. The molecular formula is C30H28ClN7O4S2. The van der Waals surface area contributed by atoms with Crippen LogP contribution in [0.1, 0.15) is 30.8 Å². The van der Waals surface area contributed by atoms with Gasteiger partial charge in [0.1, 0.15) is 0 Å². The van der Waals surface area contributed by atoms with E-state index in [9.17, 15) is 17.8 Å². The summed E-state index contributed by atoms with van der Waals surface area (Å²) in [5.74, 6) is 0.176. The number of thiophene rings is 1. The second-order valence-corrected chi connectivity index (χ2v) is 12.7. The summed E-state index contributed by atoms with van der Waals surface area (Å²) in [6.45, 7) is 4.41. The van der Waals surface area contributed by atoms with Crippen LogP contribution in [-0.4, -0.2) is 43.1 Å². The van der Waals surface area contributed by atoms with Crippen molar-refractivity contribution in [2.45, 2.75) is 37.4 Å². The molecule has 0 radical (unpaired) electrons. The fourth-order valence-electron chi connectivity index (χ4n) is 4.81. The first kappa shape index (κ1) is 31.0. The Kier molecular flexibility index (Phi) is 9.20.